The van der Waals surface area contributed by atoms with Gasteiger partial charge in [-0.2, -0.15) is 13.2 Å². The van der Waals surface area contributed by atoms with Gasteiger partial charge in [-0.25, -0.2) is 0 Å². The van der Waals surface area contributed by atoms with E-state index in [2.05, 4.69) is 0 Å². The average Bonchev–Trinajstić information content (AvgIpc) is 2.36. The van der Waals surface area contributed by atoms with Crippen molar-refractivity contribution in [3.63, 3.8) is 0 Å². The van der Waals surface area contributed by atoms with Gasteiger partial charge < -0.3 is 5.11 Å². The van der Waals surface area contributed by atoms with E-state index in [1.807, 2.05) is 26.0 Å². The molecule has 2 aromatic carbocycles. The van der Waals surface area contributed by atoms with Crippen LogP contribution in [-0.4, -0.2) is 11.3 Å². The zero-order valence-corrected chi connectivity index (χ0v) is 12.3. The van der Waals surface area contributed by atoms with Crippen molar-refractivity contribution in [3.8, 4) is 0 Å². The fraction of sp³-hybridized carbons (Fsp3) is 0.412. The molecule has 1 atom stereocenters. The predicted molar refractivity (Wildman–Crippen MR) is 78.1 cm³/mol. The lowest BCUT2D eigenvalue weighted by Gasteiger charge is -2.29. The van der Waals surface area contributed by atoms with E-state index in [1.54, 1.807) is 18.2 Å². The maximum absolute atomic E-state index is 13.2. The fourth-order valence-corrected chi connectivity index (χ4v) is 2.59. The minimum atomic E-state index is -4.72. The number of aliphatic hydroxyl groups is 1. The summed E-state index contributed by atoms with van der Waals surface area (Å²) in [6.07, 6.45) is -4.05. The van der Waals surface area contributed by atoms with Gasteiger partial charge in [-0.3, -0.25) is 0 Å². The molecular formula is C17H19F3O. The minimum Gasteiger partial charge on any atom is -0.376 e. The average molecular weight is 296 g/mol. The van der Waals surface area contributed by atoms with Crippen LogP contribution in [0.5, 0.6) is 0 Å². The monoisotopic (exact) mass is 296 g/mol. The molecular weight excluding hydrogens is 277 g/mol. The lowest BCUT2D eigenvalue weighted by atomic mass is 9.86. The van der Waals surface area contributed by atoms with Gasteiger partial charge in [0, 0.05) is 5.56 Å². The SMILES string of the molecule is CC(C)Cc1cccc2cccc(C(C)(O)C(F)(F)F)c12. The van der Waals surface area contributed by atoms with Crippen molar-refractivity contribution in [1.29, 1.82) is 0 Å². The van der Waals surface area contributed by atoms with Crippen molar-refractivity contribution in [2.75, 3.05) is 0 Å². The normalized spacial score (nSPS) is 15.4. The summed E-state index contributed by atoms with van der Waals surface area (Å²) in [6, 6.07) is 10.1. The smallest absolute Gasteiger partial charge is 0.376 e. The number of benzene rings is 2. The Bertz CT molecular complexity index is 637. The quantitative estimate of drug-likeness (QED) is 0.862. The molecule has 2 rings (SSSR count). The zero-order chi connectivity index (χ0) is 15.8. The van der Waals surface area contributed by atoms with Crippen molar-refractivity contribution < 1.29 is 18.3 Å². The third-order valence-electron chi connectivity index (χ3n) is 3.70. The van der Waals surface area contributed by atoms with Crippen LogP contribution in [-0.2, 0) is 12.0 Å². The summed E-state index contributed by atoms with van der Waals surface area (Å²) in [5, 5.41) is 11.3. The Labute approximate surface area is 122 Å². The van der Waals surface area contributed by atoms with E-state index in [1.165, 1.54) is 6.07 Å². The van der Waals surface area contributed by atoms with E-state index in [0.717, 1.165) is 17.9 Å². The molecule has 1 N–H and O–H groups in total. The predicted octanol–water partition coefficient (Wildman–Crippen LogP) is 4.81. The Hall–Kier alpha value is -1.55. The summed E-state index contributed by atoms with van der Waals surface area (Å²) in [6.45, 7) is 4.85. The molecule has 0 amide bonds. The van der Waals surface area contributed by atoms with Crippen molar-refractivity contribution in [1.82, 2.24) is 0 Å². The van der Waals surface area contributed by atoms with Gasteiger partial charge in [0.1, 0.15) is 0 Å². The maximum atomic E-state index is 13.2. The molecule has 4 heteroatoms. The van der Waals surface area contributed by atoms with Crippen molar-refractivity contribution in [3.05, 3.63) is 47.5 Å². The number of alkyl halides is 3. The van der Waals surface area contributed by atoms with Crippen LogP contribution in [0.3, 0.4) is 0 Å². The molecule has 0 bridgehead atoms. The van der Waals surface area contributed by atoms with Crippen LogP contribution in [0.4, 0.5) is 13.2 Å². The second-order valence-corrected chi connectivity index (χ2v) is 5.99. The largest absolute Gasteiger partial charge is 0.421 e. The molecule has 0 spiro atoms. The lowest BCUT2D eigenvalue weighted by molar-refractivity contribution is -0.258. The fourth-order valence-electron chi connectivity index (χ4n) is 2.59. The summed E-state index contributed by atoms with van der Waals surface area (Å²) in [4.78, 5) is 0. The summed E-state index contributed by atoms with van der Waals surface area (Å²) in [7, 11) is 0. The van der Waals surface area contributed by atoms with Gasteiger partial charge in [0.25, 0.3) is 0 Å². The molecule has 1 unspecified atom stereocenters. The Morgan fingerprint density at radius 1 is 1.05 bits per heavy atom. The molecule has 0 aliphatic carbocycles. The van der Waals surface area contributed by atoms with Gasteiger partial charge in [-0.1, -0.05) is 50.2 Å². The van der Waals surface area contributed by atoms with E-state index >= 15 is 0 Å². The summed E-state index contributed by atoms with van der Waals surface area (Å²) < 4.78 is 39.6. The van der Waals surface area contributed by atoms with Gasteiger partial charge in [-0.15, -0.1) is 0 Å². The Morgan fingerprint density at radius 3 is 2.14 bits per heavy atom. The molecule has 0 saturated heterocycles. The number of hydrogen-bond donors (Lipinski definition) is 1. The first-order valence-electron chi connectivity index (χ1n) is 6.95. The van der Waals surface area contributed by atoms with Gasteiger partial charge in [0.2, 0.25) is 0 Å². The molecule has 21 heavy (non-hydrogen) atoms. The maximum Gasteiger partial charge on any atom is 0.421 e. The van der Waals surface area contributed by atoms with E-state index < -0.39 is 11.8 Å². The Balaban J connectivity index is 2.75. The molecule has 0 aliphatic rings. The van der Waals surface area contributed by atoms with Crippen LogP contribution < -0.4 is 0 Å². The van der Waals surface area contributed by atoms with Crippen molar-refractivity contribution >= 4 is 10.8 Å². The lowest BCUT2D eigenvalue weighted by Crippen LogP contribution is -2.39. The molecule has 0 aromatic heterocycles. The van der Waals surface area contributed by atoms with Crippen molar-refractivity contribution in [2.45, 2.75) is 39.0 Å². The highest BCUT2D eigenvalue weighted by molar-refractivity contribution is 5.89. The van der Waals surface area contributed by atoms with E-state index in [0.29, 0.717) is 17.7 Å². The number of hydrogen-bond acceptors (Lipinski definition) is 1. The molecule has 2 aromatic rings. The molecule has 0 fully saturated rings. The third-order valence-corrected chi connectivity index (χ3v) is 3.70. The van der Waals surface area contributed by atoms with Gasteiger partial charge in [0.05, 0.1) is 0 Å². The van der Waals surface area contributed by atoms with Crippen LogP contribution >= 0.6 is 0 Å². The first-order valence-corrected chi connectivity index (χ1v) is 6.95. The second kappa shape index (κ2) is 5.34. The van der Waals surface area contributed by atoms with E-state index in [9.17, 15) is 18.3 Å². The highest BCUT2D eigenvalue weighted by Gasteiger charge is 2.51. The summed E-state index contributed by atoms with van der Waals surface area (Å²) >= 11 is 0. The molecule has 0 saturated carbocycles. The van der Waals surface area contributed by atoms with E-state index in [-0.39, 0.29) is 5.56 Å². The number of fused-ring (bicyclic) bond motifs is 1. The summed E-state index contributed by atoms with van der Waals surface area (Å²) in [5.74, 6) is 0.319. The second-order valence-electron chi connectivity index (χ2n) is 5.99. The molecule has 1 nitrogen and oxygen atoms in total. The van der Waals surface area contributed by atoms with Crippen LogP contribution in [0.1, 0.15) is 31.9 Å². The van der Waals surface area contributed by atoms with Gasteiger partial charge in [-0.05, 0) is 35.6 Å². The standard InChI is InChI=1S/C17H19F3O/c1-11(2)10-13-8-4-6-12-7-5-9-14(15(12)13)16(3,21)17(18,19)20/h4-9,11,21H,10H2,1-3H3. The Morgan fingerprint density at radius 2 is 1.62 bits per heavy atom. The topological polar surface area (TPSA) is 20.2 Å². The van der Waals surface area contributed by atoms with Crippen LogP contribution in [0.2, 0.25) is 0 Å². The minimum absolute atomic E-state index is 0.0799. The van der Waals surface area contributed by atoms with Crippen LogP contribution in [0, 0.1) is 5.92 Å². The zero-order valence-electron chi connectivity index (χ0n) is 12.3. The van der Waals surface area contributed by atoms with E-state index in [4.69, 9.17) is 0 Å². The van der Waals surface area contributed by atoms with Gasteiger partial charge in [0.15, 0.2) is 5.60 Å². The molecule has 0 aliphatic heterocycles. The number of halogens is 3. The molecule has 0 radical (unpaired) electrons. The number of rotatable bonds is 3. The van der Waals surface area contributed by atoms with Crippen LogP contribution in [0.25, 0.3) is 10.8 Å². The first-order chi connectivity index (χ1) is 9.64. The highest BCUT2D eigenvalue weighted by Crippen LogP contribution is 2.42. The Kier molecular flexibility index (Phi) is 4.02. The first kappa shape index (κ1) is 15.8. The summed E-state index contributed by atoms with van der Waals surface area (Å²) in [5.41, 5.74) is -2.11. The highest BCUT2D eigenvalue weighted by atomic mass is 19.4. The van der Waals surface area contributed by atoms with Crippen molar-refractivity contribution in [2.24, 2.45) is 5.92 Å². The van der Waals surface area contributed by atoms with Gasteiger partial charge >= 0.3 is 6.18 Å². The van der Waals surface area contributed by atoms with Crippen LogP contribution in [0.15, 0.2) is 36.4 Å². The molecule has 114 valence electrons. The molecule has 0 heterocycles. The third kappa shape index (κ3) is 2.91.